The fourth-order valence-corrected chi connectivity index (χ4v) is 5.90. The van der Waals surface area contributed by atoms with Crippen molar-refractivity contribution in [2.75, 3.05) is 23.0 Å². The van der Waals surface area contributed by atoms with Gasteiger partial charge in [0, 0.05) is 18.7 Å². The number of hydrogen-bond acceptors (Lipinski definition) is 12. The fourth-order valence-electron chi connectivity index (χ4n) is 4.83. The number of nitrogens with one attached hydrogen (secondary N) is 2. The summed E-state index contributed by atoms with van der Waals surface area (Å²) in [6, 6.07) is 6.76. The molecule has 3 heterocycles. The number of halogens is 3. The molecule has 0 amide bonds. The van der Waals surface area contributed by atoms with Crippen molar-refractivity contribution in [1.29, 1.82) is 0 Å². The largest absolute Gasteiger partial charge is 0.573 e. The van der Waals surface area contributed by atoms with Gasteiger partial charge in [0.1, 0.15) is 28.2 Å². The summed E-state index contributed by atoms with van der Waals surface area (Å²) < 4.78 is 42.3. The molecule has 4 unspecified atom stereocenters. The first-order valence-corrected chi connectivity index (χ1v) is 13.5. The monoisotopic (exact) mass is 591 g/mol. The lowest BCUT2D eigenvalue weighted by atomic mass is 10.0. The number of aromatic nitrogens is 4. The van der Waals surface area contributed by atoms with Gasteiger partial charge in [-0.2, -0.15) is 4.98 Å². The van der Waals surface area contributed by atoms with Crippen LogP contribution in [0, 0.1) is 12.8 Å². The Balaban J connectivity index is 1.50. The molecule has 1 aliphatic rings. The summed E-state index contributed by atoms with van der Waals surface area (Å²) in [6.45, 7) is 3.23. The third-order valence-electron chi connectivity index (χ3n) is 7.00. The predicted molar refractivity (Wildman–Crippen MR) is 147 cm³/mol. The number of thiazole rings is 1. The van der Waals surface area contributed by atoms with Crippen molar-refractivity contribution < 1.29 is 33.2 Å². The first kappa shape index (κ1) is 28.7. The highest BCUT2D eigenvalue weighted by Crippen LogP contribution is 2.41. The fraction of sp³-hybridized carbons (Fsp3) is 0.385. The molecule has 4 atom stereocenters. The summed E-state index contributed by atoms with van der Waals surface area (Å²) in [5.41, 5.74) is 6.35. The van der Waals surface area contributed by atoms with Crippen molar-refractivity contribution in [3.63, 3.8) is 0 Å². The lowest BCUT2D eigenvalue weighted by Gasteiger charge is -2.31. The first-order valence-electron chi connectivity index (χ1n) is 12.7. The summed E-state index contributed by atoms with van der Waals surface area (Å²) in [4.78, 5) is 17.9. The van der Waals surface area contributed by atoms with Crippen molar-refractivity contribution >= 4 is 39.1 Å². The molecule has 11 nitrogen and oxygen atoms in total. The molecule has 0 bridgehead atoms. The standard InChI is InChI=1S/C26H28F3N7O4S/c1-12(14-3-5-16(6-4-14)40-26(27,28)29)32-24-33-13(2)18(23-34-19-17(41-23)8-10-31-21(19)30)22(35-24)36-25(39)9-7-15(11-37)20(25)38/h3-6,8,10,12,15,20,37-39H,7,9,11H2,1-2H3,(H2,30,31)(H2,32,33,35,36). The maximum Gasteiger partial charge on any atom is 0.573 e. The maximum atomic E-state index is 12.5. The van der Waals surface area contributed by atoms with Crippen molar-refractivity contribution in [2.45, 2.75) is 50.9 Å². The zero-order chi connectivity index (χ0) is 29.5. The van der Waals surface area contributed by atoms with Crippen LogP contribution in [0.5, 0.6) is 5.75 Å². The molecular weight excluding hydrogens is 563 g/mol. The molecule has 1 saturated carbocycles. The quantitative estimate of drug-likeness (QED) is 0.164. The number of benzene rings is 1. The van der Waals surface area contributed by atoms with E-state index in [1.807, 2.05) is 0 Å². The highest BCUT2D eigenvalue weighted by Gasteiger charge is 2.47. The number of hydrogen-bond donors (Lipinski definition) is 6. The van der Waals surface area contributed by atoms with E-state index in [1.165, 1.54) is 35.6 Å². The summed E-state index contributed by atoms with van der Waals surface area (Å²) in [5.74, 6) is -0.255. The third kappa shape index (κ3) is 5.98. The van der Waals surface area contributed by atoms with E-state index in [1.54, 1.807) is 26.1 Å². The van der Waals surface area contributed by atoms with Crippen molar-refractivity contribution in [2.24, 2.45) is 5.92 Å². The second-order valence-corrected chi connectivity index (χ2v) is 10.9. The van der Waals surface area contributed by atoms with Crippen molar-refractivity contribution in [3.05, 3.63) is 47.8 Å². The van der Waals surface area contributed by atoms with Crippen LogP contribution in [-0.4, -0.2) is 60.1 Å². The van der Waals surface area contributed by atoms with Gasteiger partial charge in [0.05, 0.1) is 22.0 Å². The Morgan fingerprint density at radius 1 is 1.20 bits per heavy atom. The number of aliphatic hydroxyl groups excluding tert-OH is 2. The Bertz CT molecular complexity index is 1550. The van der Waals surface area contributed by atoms with Crippen molar-refractivity contribution in [3.8, 4) is 16.3 Å². The number of anilines is 3. The second kappa shape index (κ2) is 10.9. The molecule has 0 spiro atoms. The lowest BCUT2D eigenvalue weighted by molar-refractivity contribution is -0.274. The van der Waals surface area contributed by atoms with Gasteiger partial charge in [-0.25, -0.2) is 15.0 Å². The van der Waals surface area contributed by atoms with Crippen LogP contribution < -0.4 is 21.1 Å². The number of ether oxygens (including phenoxy) is 1. The Labute approximate surface area is 236 Å². The summed E-state index contributed by atoms with van der Waals surface area (Å²) >= 11 is 1.33. The van der Waals surface area contributed by atoms with Crippen LogP contribution in [0.15, 0.2) is 36.5 Å². The number of nitrogen functional groups attached to an aromatic ring is 1. The topological polar surface area (TPSA) is 172 Å². The van der Waals surface area contributed by atoms with E-state index in [9.17, 15) is 28.5 Å². The average molecular weight is 592 g/mol. The number of aliphatic hydroxyl groups is 3. The maximum absolute atomic E-state index is 12.5. The van der Waals surface area contributed by atoms with Crippen LogP contribution in [-0.2, 0) is 0 Å². The minimum atomic E-state index is -4.79. The van der Waals surface area contributed by atoms with Gasteiger partial charge in [-0.15, -0.1) is 24.5 Å². The van der Waals surface area contributed by atoms with Gasteiger partial charge in [0.25, 0.3) is 0 Å². The van der Waals surface area contributed by atoms with Gasteiger partial charge < -0.3 is 36.4 Å². The Kier molecular flexibility index (Phi) is 7.63. The Morgan fingerprint density at radius 2 is 1.93 bits per heavy atom. The summed E-state index contributed by atoms with van der Waals surface area (Å²) in [5, 5.41) is 38.3. The van der Waals surface area contributed by atoms with E-state index >= 15 is 0 Å². The van der Waals surface area contributed by atoms with Crippen LogP contribution in [0.2, 0.25) is 0 Å². The van der Waals surface area contributed by atoms with Gasteiger partial charge in [-0.1, -0.05) is 12.1 Å². The van der Waals surface area contributed by atoms with E-state index < -0.39 is 30.2 Å². The normalized spacial score (nSPS) is 21.7. The van der Waals surface area contributed by atoms with E-state index in [2.05, 4.69) is 35.3 Å². The molecule has 0 saturated heterocycles. The van der Waals surface area contributed by atoms with Gasteiger partial charge in [-0.05, 0) is 50.5 Å². The number of fused-ring (bicyclic) bond motifs is 1. The molecule has 5 rings (SSSR count). The van der Waals surface area contributed by atoms with Gasteiger partial charge in [0.15, 0.2) is 11.5 Å². The molecular formula is C26H28F3N7O4S. The van der Waals surface area contributed by atoms with E-state index in [4.69, 9.17) is 5.73 Å². The minimum Gasteiger partial charge on any atom is -0.406 e. The van der Waals surface area contributed by atoms with E-state index in [-0.39, 0.29) is 36.4 Å². The van der Waals surface area contributed by atoms with Crippen LogP contribution >= 0.6 is 11.3 Å². The van der Waals surface area contributed by atoms with Crippen LogP contribution in [0.4, 0.5) is 30.8 Å². The molecule has 1 aromatic carbocycles. The highest BCUT2D eigenvalue weighted by atomic mass is 32.1. The first-order chi connectivity index (χ1) is 19.4. The Morgan fingerprint density at radius 3 is 2.56 bits per heavy atom. The summed E-state index contributed by atoms with van der Waals surface area (Å²) in [7, 11) is 0. The molecule has 4 aromatic rings. The Hall–Kier alpha value is -3.79. The number of alkyl halides is 3. The minimum absolute atomic E-state index is 0.157. The zero-order valence-electron chi connectivity index (χ0n) is 22.0. The number of aryl methyl sites for hydroxylation is 1. The molecule has 0 aliphatic heterocycles. The van der Waals surface area contributed by atoms with Crippen molar-refractivity contribution in [1.82, 2.24) is 19.9 Å². The number of nitrogens with two attached hydrogens (primary N) is 1. The van der Waals surface area contributed by atoms with Crippen LogP contribution in [0.3, 0.4) is 0 Å². The molecule has 3 aromatic heterocycles. The SMILES string of the molecule is Cc1nc(NC(C)c2ccc(OC(F)(F)F)cc2)nc(NC2(O)CCC(CO)C2O)c1-c1nc2c(N)nccc2s1. The number of pyridine rings is 1. The zero-order valence-corrected chi connectivity index (χ0v) is 22.8. The number of nitrogens with zero attached hydrogens (tertiary/aromatic N) is 4. The van der Waals surface area contributed by atoms with Gasteiger partial charge in [0.2, 0.25) is 5.95 Å². The lowest BCUT2D eigenvalue weighted by Crippen LogP contribution is -2.48. The van der Waals surface area contributed by atoms with Gasteiger partial charge in [-0.3, -0.25) is 0 Å². The third-order valence-corrected chi connectivity index (χ3v) is 8.04. The average Bonchev–Trinajstić information content (AvgIpc) is 3.44. The van der Waals surface area contributed by atoms with Crippen LogP contribution in [0.1, 0.15) is 37.1 Å². The number of rotatable bonds is 8. The molecule has 1 fully saturated rings. The summed E-state index contributed by atoms with van der Waals surface area (Å²) in [6.07, 6.45) is -3.94. The molecule has 218 valence electrons. The molecule has 0 radical (unpaired) electrons. The van der Waals surface area contributed by atoms with E-state index in [0.717, 1.165) is 4.70 Å². The molecule has 1 aliphatic carbocycles. The van der Waals surface area contributed by atoms with Crippen LogP contribution in [0.25, 0.3) is 20.8 Å². The molecule has 15 heteroatoms. The highest BCUT2D eigenvalue weighted by molar-refractivity contribution is 7.21. The smallest absolute Gasteiger partial charge is 0.406 e. The second-order valence-electron chi connectivity index (χ2n) is 9.88. The molecule has 7 N–H and O–H groups in total. The predicted octanol–water partition coefficient (Wildman–Crippen LogP) is 3.97. The van der Waals surface area contributed by atoms with Gasteiger partial charge >= 0.3 is 6.36 Å². The van der Waals surface area contributed by atoms with E-state index in [0.29, 0.717) is 33.8 Å². The molecule has 41 heavy (non-hydrogen) atoms.